The summed E-state index contributed by atoms with van der Waals surface area (Å²) in [7, 11) is 0. The normalized spacial score (nSPS) is 16.7. The van der Waals surface area contributed by atoms with Crippen LogP contribution in [0, 0.1) is 0 Å². The molecule has 3 heterocycles. The van der Waals surface area contributed by atoms with Crippen LogP contribution in [-0.2, 0) is 15.3 Å². The van der Waals surface area contributed by atoms with Crippen LogP contribution in [0.5, 0.6) is 23.0 Å². The highest BCUT2D eigenvalue weighted by molar-refractivity contribution is 8.00. The third kappa shape index (κ3) is 6.41. The van der Waals surface area contributed by atoms with E-state index in [1.165, 1.54) is 28.0 Å². The average molecular weight is 696 g/mol. The molecule has 0 saturated carbocycles. The Hall–Kier alpha value is -5.07. The molecule has 250 valence electrons. The fourth-order valence-electron chi connectivity index (χ4n) is 5.90. The highest BCUT2D eigenvalue weighted by atomic mass is 32.2. The monoisotopic (exact) mass is 695 g/mol. The molecule has 5 aromatic rings. The van der Waals surface area contributed by atoms with Crippen molar-refractivity contribution < 1.29 is 33.6 Å². The SMILES string of the molecule is CCCOc1ccc(C2/C(=C(/O)c3ccc4c(c3)OCCO4)C(=O)C(=O)N2c2nnc(SCc3cccc4ccccc34)s2)cc1OCC. The van der Waals surface area contributed by atoms with E-state index in [1.54, 1.807) is 36.4 Å². The first-order valence-corrected chi connectivity index (χ1v) is 17.8. The Morgan fingerprint density at radius 1 is 0.939 bits per heavy atom. The number of carbonyl (C=O) groups excluding carboxylic acids is 2. The number of nitrogens with zero attached hydrogens (tertiary/aromatic N) is 3. The van der Waals surface area contributed by atoms with Gasteiger partial charge in [0.25, 0.3) is 5.78 Å². The second kappa shape index (κ2) is 14.2. The largest absolute Gasteiger partial charge is 0.507 e. The Labute approximate surface area is 291 Å². The Kier molecular flexibility index (Phi) is 9.41. The predicted molar refractivity (Wildman–Crippen MR) is 189 cm³/mol. The number of amides is 1. The van der Waals surface area contributed by atoms with E-state index < -0.39 is 17.7 Å². The van der Waals surface area contributed by atoms with E-state index in [4.69, 9.17) is 18.9 Å². The average Bonchev–Trinajstić information content (AvgIpc) is 3.71. The molecule has 1 atom stereocenters. The van der Waals surface area contributed by atoms with Crippen molar-refractivity contribution in [3.63, 3.8) is 0 Å². The summed E-state index contributed by atoms with van der Waals surface area (Å²) >= 11 is 2.71. The summed E-state index contributed by atoms with van der Waals surface area (Å²) in [6.45, 7) is 5.50. The summed E-state index contributed by atoms with van der Waals surface area (Å²) in [6, 6.07) is 23.5. The molecule has 0 spiro atoms. The molecule has 1 N–H and O–H groups in total. The molecule has 49 heavy (non-hydrogen) atoms. The zero-order valence-electron chi connectivity index (χ0n) is 26.9. The van der Waals surface area contributed by atoms with Gasteiger partial charge in [0.2, 0.25) is 5.13 Å². The van der Waals surface area contributed by atoms with E-state index in [0.29, 0.717) is 70.6 Å². The first-order valence-electron chi connectivity index (χ1n) is 16.0. The van der Waals surface area contributed by atoms with E-state index in [-0.39, 0.29) is 16.5 Å². The first kappa shape index (κ1) is 32.5. The molecule has 4 aromatic carbocycles. The minimum absolute atomic E-state index is 0.0912. The van der Waals surface area contributed by atoms with E-state index in [9.17, 15) is 14.7 Å². The number of hydrogen-bond donors (Lipinski definition) is 1. The molecule has 7 rings (SSSR count). The van der Waals surface area contributed by atoms with E-state index >= 15 is 0 Å². The van der Waals surface area contributed by atoms with Gasteiger partial charge in [-0.05, 0) is 65.6 Å². The van der Waals surface area contributed by atoms with E-state index in [1.807, 2.05) is 32.0 Å². The number of aliphatic hydroxyl groups is 1. The number of ether oxygens (including phenoxy) is 4. The maximum Gasteiger partial charge on any atom is 0.301 e. The van der Waals surface area contributed by atoms with Crippen molar-refractivity contribution in [2.45, 2.75) is 36.4 Å². The van der Waals surface area contributed by atoms with Gasteiger partial charge in [-0.3, -0.25) is 14.5 Å². The fraction of sp³-hybridized carbons (Fsp3) is 0.243. The van der Waals surface area contributed by atoms with Gasteiger partial charge in [-0.15, -0.1) is 10.2 Å². The maximum absolute atomic E-state index is 13.9. The molecule has 1 fully saturated rings. The second-order valence-electron chi connectivity index (χ2n) is 11.3. The lowest BCUT2D eigenvalue weighted by Crippen LogP contribution is -2.29. The lowest BCUT2D eigenvalue weighted by Gasteiger charge is -2.24. The molecule has 2 aliphatic rings. The Morgan fingerprint density at radius 2 is 1.76 bits per heavy atom. The number of fused-ring (bicyclic) bond motifs is 2. The molecule has 2 aliphatic heterocycles. The summed E-state index contributed by atoms with van der Waals surface area (Å²) < 4.78 is 23.8. The zero-order chi connectivity index (χ0) is 33.9. The van der Waals surface area contributed by atoms with Gasteiger partial charge in [-0.1, -0.05) is 78.6 Å². The molecule has 1 saturated heterocycles. The number of aromatic nitrogens is 2. The van der Waals surface area contributed by atoms with Gasteiger partial charge in [0.15, 0.2) is 27.3 Å². The predicted octanol–water partition coefficient (Wildman–Crippen LogP) is 7.57. The number of rotatable bonds is 11. The van der Waals surface area contributed by atoms with Gasteiger partial charge in [0, 0.05) is 11.3 Å². The number of ketones is 1. The maximum atomic E-state index is 13.9. The molecule has 1 amide bonds. The number of benzene rings is 4. The number of hydrogen-bond acceptors (Lipinski definition) is 11. The Morgan fingerprint density at radius 3 is 2.59 bits per heavy atom. The van der Waals surface area contributed by atoms with Crippen LogP contribution in [-0.4, -0.2) is 53.4 Å². The summed E-state index contributed by atoms with van der Waals surface area (Å²) in [4.78, 5) is 29.1. The van der Waals surface area contributed by atoms with Crippen molar-refractivity contribution in [1.29, 1.82) is 0 Å². The van der Waals surface area contributed by atoms with Crippen molar-refractivity contribution in [1.82, 2.24) is 10.2 Å². The lowest BCUT2D eigenvalue weighted by atomic mass is 9.95. The topological polar surface area (TPSA) is 120 Å². The highest BCUT2D eigenvalue weighted by Crippen LogP contribution is 2.46. The molecular weight excluding hydrogens is 663 g/mol. The summed E-state index contributed by atoms with van der Waals surface area (Å²) in [5.74, 6) is 0.597. The molecule has 1 aromatic heterocycles. The van der Waals surface area contributed by atoms with Gasteiger partial charge in [-0.2, -0.15) is 0 Å². The quantitative estimate of drug-likeness (QED) is 0.0487. The minimum atomic E-state index is -1.03. The van der Waals surface area contributed by atoms with Gasteiger partial charge < -0.3 is 24.1 Å². The van der Waals surface area contributed by atoms with Crippen molar-refractivity contribution in [2.24, 2.45) is 0 Å². The van der Waals surface area contributed by atoms with E-state index in [2.05, 4.69) is 34.5 Å². The Balaban J connectivity index is 1.28. The van der Waals surface area contributed by atoms with Crippen LogP contribution in [0.1, 0.15) is 43.0 Å². The summed E-state index contributed by atoms with van der Waals surface area (Å²) in [5.41, 5.74) is 1.90. The summed E-state index contributed by atoms with van der Waals surface area (Å²) in [6.07, 6.45) is 0.806. The van der Waals surface area contributed by atoms with Crippen LogP contribution in [0.4, 0.5) is 5.13 Å². The summed E-state index contributed by atoms with van der Waals surface area (Å²) in [5, 5.41) is 23.0. The van der Waals surface area contributed by atoms with Crippen LogP contribution >= 0.6 is 23.1 Å². The fourth-order valence-corrected chi connectivity index (χ4v) is 7.77. The lowest BCUT2D eigenvalue weighted by molar-refractivity contribution is -0.132. The number of carbonyl (C=O) groups is 2. The van der Waals surface area contributed by atoms with Gasteiger partial charge >= 0.3 is 5.91 Å². The number of thioether (sulfide) groups is 1. The molecule has 12 heteroatoms. The molecule has 0 bridgehead atoms. The van der Waals surface area contributed by atoms with Crippen molar-refractivity contribution in [3.8, 4) is 23.0 Å². The van der Waals surface area contributed by atoms with Crippen molar-refractivity contribution in [3.05, 3.63) is 101 Å². The molecular formula is C37H33N3O7S2. The van der Waals surface area contributed by atoms with E-state index in [0.717, 1.165) is 22.8 Å². The number of aliphatic hydroxyl groups excluding tert-OH is 1. The van der Waals surface area contributed by atoms with Gasteiger partial charge in [0.05, 0.1) is 24.8 Å². The van der Waals surface area contributed by atoms with Gasteiger partial charge in [-0.25, -0.2) is 0 Å². The molecule has 1 unspecified atom stereocenters. The van der Waals surface area contributed by atoms with Crippen LogP contribution in [0.25, 0.3) is 16.5 Å². The van der Waals surface area contributed by atoms with Crippen LogP contribution in [0.2, 0.25) is 0 Å². The molecule has 0 radical (unpaired) electrons. The van der Waals surface area contributed by atoms with Gasteiger partial charge in [0.1, 0.15) is 19.0 Å². The van der Waals surface area contributed by atoms with Crippen LogP contribution in [0.15, 0.2) is 88.8 Å². The third-order valence-electron chi connectivity index (χ3n) is 8.14. The van der Waals surface area contributed by atoms with Crippen LogP contribution < -0.4 is 23.8 Å². The second-order valence-corrected chi connectivity index (χ2v) is 13.5. The standard InChI is InChI=1S/C37H33N3O7S2/c1-3-16-45-27-14-12-23(19-29(27)44-4-2)32-31(33(41)24-13-15-28-30(20-24)47-18-17-46-28)34(42)35(43)40(32)36-38-39-37(49-36)48-21-25-10-7-9-22-8-5-6-11-26(22)25/h5-15,19-20,32,41H,3-4,16-18,21H2,1-2H3/b33-31-. The smallest absolute Gasteiger partial charge is 0.301 e. The number of anilines is 1. The zero-order valence-corrected chi connectivity index (χ0v) is 28.5. The van der Waals surface area contributed by atoms with Crippen molar-refractivity contribution in [2.75, 3.05) is 31.3 Å². The van der Waals surface area contributed by atoms with Crippen molar-refractivity contribution >= 4 is 56.5 Å². The van der Waals surface area contributed by atoms with Crippen LogP contribution in [0.3, 0.4) is 0 Å². The Bertz CT molecular complexity index is 2070. The first-order chi connectivity index (χ1) is 24.0. The minimum Gasteiger partial charge on any atom is -0.507 e. The highest BCUT2D eigenvalue weighted by Gasteiger charge is 2.48. The third-order valence-corrected chi connectivity index (χ3v) is 10.2. The molecule has 0 aliphatic carbocycles. The molecule has 10 nitrogen and oxygen atoms in total. The number of Topliss-reactive ketones (excluding diaryl/α,β-unsaturated/α-hetero) is 1.